The smallest absolute Gasteiger partial charge is 0.370 e. The molecule has 6 nitrogen and oxygen atoms in total. The van der Waals surface area contributed by atoms with E-state index in [0.717, 1.165) is 31.7 Å². The average Bonchev–Trinajstić information content (AvgIpc) is 3.15. The molecule has 154 valence electrons. The number of nitrogens with zero attached hydrogens (tertiary/aromatic N) is 3. The summed E-state index contributed by atoms with van der Waals surface area (Å²) in [6.45, 7) is 1.35. The molecule has 0 spiro atoms. The monoisotopic (exact) mass is 404 g/mol. The highest BCUT2D eigenvalue weighted by Crippen LogP contribution is 2.38. The lowest BCUT2D eigenvalue weighted by Gasteiger charge is -2.28. The van der Waals surface area contributed by atoms with Crippen molar-refractivity contribution in [3.63, 3.8) is 0 Å². The lowest BCUT2D eigenvalue weighted by atomic mass is 9.81. The van der Waals surface area contributed by atoms with Crippen LogP contribution in [0.15, 0.2) is 30.5 Å². The van der Waals surface area contributed by atoms with E-state index in [-0.39, 0.29) is 11.4 Å². The van der Waals surface area contributed by atoms with Crippen LogP contribution in [-0.2, 0) is 6.18 Å². The van der Waals surface area contributed by atoms with Crippen LogP contribution in [0.25, 0.3) is 22.4 Å². The first kappa shape index (κ1) is 19.6. The van der Waals surface area contributed by atoms with Crippen LogP contribution in [0.1, 0.15) is 31.2 Å². The highest BCUT2D eigenvalue weighted by atomic mass is 19.4. The van der Waals surface area contributed by atoms with Gasteiger partial charge in [0.15, 0.2) is 5.65 Å². The molecule has 0 aromatic carbocycles. The zero-order chi connectivity index (χ0) is 20.4. The molecule has 2 unspecified atom stereocenters. The fourth-order valence-electron chi connectivity index (χ4n) is 4.06. The van der Waals surface area contributed by atoms with Crippen LogP contribution >= 0.6 is 0 Å². The molecule has 2 atom stereocenters. The molecule has 4 N–H and O–H groups in total. The number of H-pyrrole nitrogens is 1. The molecule has 0 aliphatic heterocycles. The Morgan fingerprint density at radius 3 is 2.79 bits per heavy atom. The van der Waals surface area contributed by atoms with Gasteiger partial charge in [0, 0.05) is 18.1 Å². The number of halogens is 3. The topological polar surface area (TPSA) is 92.5 Å². The number of alkyl halides is 3. The van der Waals surface area contributed by atoms with Gasteiger partial charge in [-0.15, -0.1) is 0 Å². The van der Waals surface area contributed by atoms with Crippen molar-refractivity contribution in [3.8, 4) is 11.4 Å². The fraction of sp³-hybridized carbons (Fsp3) is 0.450. The molecule has 0 bridgehead atoms. The summed E-state index contributed by atoms with van der Waals surface area (Å²) in [5.74, 6) is 1.38. The van der Waals surface area contributed by atoms with Crippen LogP contribution < -0.4 is 11.1 Å². The molecule has 0 radical (unpaired) electrons. The molecule has 3 aromatic heterocycles. The summed E-state index contributed by atoms with van der Waals surface area (Å²) < 4.78 is 40.8. The molecule has 0 amide bonds. The van der Waals surface area contributed by atoms with Crippen molar-refractivity contribution in [2.45, 2.75) is 31.9 Å². The summed E-state index contributed by atoms with van der Waals surface area (Å²) in [7, 11) is 0. The van der Waals surface area contributed by atoms with Crippen molar-refractivity contribution in [1.82, 2.24) is 20.2 Å². The van der Waals surface area contributed by atoms with Gasteiger partial charge in [-0.25, -0.2) is 9.97 Å². The lowest BCUT2D eigenvalue weighted by molar-refractivity contribution is -0.137. The quantitative estimate of drug-likeness (QED) is 0.592. The van der Waals surface area contributed by atoms with Crippen molar-refractivity contribution < 1.29 is 13.2 Å². The lowest BCUT2D eigenvalue weighted by Crippen LogP contribution is -2.26. The Hall–Kier alpha value is -2.68. The molecule has 3 heterocycles. The second-order valence-electron chi connectivity index (χ2n) is 7.58. The molecular weight excluding hydrogens is 381 g/mol. The predicted octanol–water partition coefficient (Wildman–Crippen LogP) is 4.22. The second kappa shape index (κ2) is 7.98. The van der Waals surface area contributed by atoms with Crippen molar-refractivity contribution in [1.29, 1.82) is 0 Å². The third-order valence-corrected chi connectivity index (χ3v) is 5.56. The van der Waals surface area contributed by atoms with E-state index in [1.807, 2.05) is 0 Å². The largest absolute Gasteiger partial charge is 0.418 e. The van der Waals surface area contributed by atoms with E-state index in [9.17, 15) is 13.2 Å². The van der Waals surface area contributed by atoms with E-state index >= 15 is 0 Å². The van der Waals surface area contributed by atoms with E-state index in [1.165, 1.54) is 6.07 Å². The third-order valence-electron chi connectivity index (χ3n) is 5.56. The van der Waals surface area contributed by atoms with Gasteiger partial charge in [-0.05, 0) is 61.9 Å². The molecule has 1 aliphatic carbocycles. The molecule has 1 aliphatic rings. The second-order valence-corrected chi connectivity index (χ2v) is 7.58. The van der Waals surface area contributed by atoms with Crippen LogP contribution in [0.4, 0.5) is 19.0 Å². The minimum Gasteiger partial charge on any atom is -0.370 e. The number of aromatic amines is 1. The molecule has 29 heavy (non-hydrogen) atoms. The van der Waals surface area contributed by atoms with Gasteiger partial charge < -0.3 is 11.1 Å². The van der Waals surface area contributed by atoms with E-state index in [1.54, 1.807) is 18.3 Å². The Morgan fingerprint density at radius 1 is 1.17 bits per heavy atom. The number of rotatable bonds is 5. The summed E-state index contributed by atoms with van der Waals surface area (Å²) in [5.41, 5.74) is 5.38. The van der Waals surface area contributed by atoms with Gasteiger partial charge in [0.25, 0.3) is 0 Å². The van der Waals surface area contributed by atoms with Crippen LogP contribution in [0, 0.1) is 11.8 Å². The average molecular weight is 404 g/mol. The van der Waals surface area contributed by atoms with Crippen molar-refractivity contribution in [3.05, 3.63) is 36.0 Å². The maximum Gasteiger partial charge on any atom is 0.418 e. The Bertz CT molecular complexity index is 984. The number of hydrogen-bond acceptors (Lipinski definition) is 5. The first-order valence-corrected chi connectivity index (χ1v) is 9.77. The molecule has 0 saturated heterocycles. The van der Waals surface area contributed by atoms with Crippen LogP contribution in [0.3, 0.4) is 0 Å². The molecule has 1 saturated carbocycles. The van der Waals surface area contributed by atoms with Gasteiger partial charge in [-0.3, -0.25) is 5.10 Å². The van der Waals surface area contributed by atoms with Gasteiger partial charge >= 0.3 is 6.18 Å². The minimum atomic E-state index is -4.53. The summed E-state index contributed by atoms with van der Waals surface area (Å²) in [5, 5.41) is 10.4. The maximum atomic E-state index is 13.6. The van der Waals surface area contributed by atoms with Crippen LogP contribution in [0.2, 0.25) is 0 Å². The highest BCUT2D eigenvalue weighted by Gasteiger charge is 2.35. The molecular formula is C20H23F3N6. The highest BCUT2D eigenvalue weighted by molar-refractivity contribution is 5.90. The summed E-state index contributed by atoms with van der Waals surface area (Å²) in [6.07, 6.45) is 1.42. The SMILES string of the molecule is NCC1CCCC(CNc2ccc(C(F)(F)F)c(-c3[nH]nc4ncccc34)n2)C1. The zero-order valence-electron chi connectivity index (χ0n) is 15.8. The van der Waals surface area contributed by atoms with E-state index in [2.05, 4.69) is 25.5 Å². The summed E-state index contributed by atoms with van der Waals surface area (Å²) >= 11 is 0. The Kier molecular flexibility index (Phi) is 5.40. The van der Waals surface area contributed by atoms with Gasteiger partial charge in [0.1, 0.15) is 11.5 Å². The van der Waals surface area contributed by atoms with Gasteiger partial charge in [-0.2, -0.15) is 18.3 Å². The number of anilines is 1. The minimum absolute atomic E-state index is 0.179. The van der Waals surface area contributed by atoms with Gasteiger partial charge in [0.2, 0.25) is 0 Å². The van der Waals surface area contributed by atoms with E-state index in [0.29, 0.717) is 41.8 Å². The van der Waals surface area contributed by atoms with Gasteiger partial charge in [-0.1, -0.05) is 6.42 Å². The number of pyridine rings is 2. The fourth-order valence-corrected chi connectivity index (χ4v) is 4.06. The zero-order valence-corrected chi connectivity index (χ0v) is 15.8. The van der Waals surface area contributed by atoms with E-state index in [4.69, 9.17) is 5.73 Å². The van der Waals surface area contributed by atoms with Crippen LogP contribution in [-0.4, -0.2) is 33.3 Å². The van der Waals surface area contributed by atoms with E-state index < -0.39 is 11.7 Å². The molecule has 9 heteroatoms. The Morgan fingerprint density at radius 2 is 2.00 bits per heavy atom. The van der Waals surface area contributed by atoms with Crippen molar-refractivity contribution >= 4 is 16.9 Å². The van der Waals surface area contributed by atoms with Crippen LogP contribution in [0.5, 0.6) is 0 Å². The Balaban J connectivity index is 1.63. The number of nitrogens with one attached hydrogen (secondary N) is 2. The molecule has 1 fully saturated rings. The van der Waals surface area contributed by atoms with Crippen molar-refractivity contribution in [2.24, 2.45) is 17.6 Å². The number of fused-ring (bicyclic) bond motifs is 1. The number of hydrogen-bond donors (Lipinski definition) is 3. The first-order chi connectivity index (χ1) is 14.0. The maximum absolute atomic E-state index is 13.6. The number of aromatic nitrogens is 4. The molecule has 4 rings (SSSR count). The molecule has 3 aromatic rings. The van der Waals surface area contributed by atoms with Gasteiger partial charge in [0.05, 0.1) is 11.3 Å². The number of nitrogens with two attached hydrogens (primary N) is 1. The summed E-state index contributed by atoms with van der Waals surface area (Å²) in [4.78, 5) is 8.38. The standard InChI is InChI=1S/C20H23F3N6/c21-20(22,23)15-6-7-16(26-11-13-4-1-3-12(9-13)10-24)27-18(15)17-14-5-2-8-25-19(14)29-28-17/h2,5-8,12-13H,1,3-4,9-11,24H2,(H,26,27)(H,25,28,29). The van der Waals surface area contributed by atoms with Crippen molar-refractivity contribution in [2.75, 3.05) is 18.4 Å². The normalized spacial score (nSPS) is 20.1. The predicted molar refractivity (Wildman–Crippen MR) is 105 cm³/mol. The third kappa shape index (κ3) is 4.19. The Labute approximate surface area is 166 Å². The summed E-state index contributed by atoms with van der Waals surface area (Å²) in [6, 6.07) is 5.79. The first-order valence-electron chi connectivity index (χ1n) is 9.77.